The van der Waals surface area contributed by atoms with Crippen molar-refractivity contribution in [3.05, 3.63) is 60.8 Å². The minimum Gasteiger partial charge on any atom is -0.489 e. The van der Waals surface area contributed by atoms with Gasteiger partial charge in [0, 0.05) is 21.9 Å². The summed E-state index contributed by atoms with van der Waals surface area (Å²) in [7, 11) is 0. The molecule has 0 aliphatic carbocycles. The molecular weight excluding hydrogens is 372 g/mol. The molecule has 5 nitrogen and oxygen atoms in total. The van der Waals surface area contributed by atoms with E-state index in [1.54, 1.807) is 0 Å². The van der Waals surface area contributed by atoms with Gasteiger partial charge in [-0.1, -0.05) is 18.2 Å². The summed E-state index contributed by atoms with van der Waals surface area (Å²) in [5.74, 6) is -0.786. The number of benzene rings is 1. The molecule has 4 rings (SSSR count). The van der Waals surface area contributed by atoms with Gasteiger partial charge in [0.1, 0.15) is 24.4 Å². The van der Waals surface area contributed by atoms with Crippen LogP contribution in [-0.2, 0) is 0 Å². The fraction of sp³-hybridized carbons (Fsp3) is 0.105. The van der Waals surface area contributed by atoms with Crippen molar-refractivity contribution in [2.75, 3.05) is 13.2 Å². The maximum atomic E-state index is 14.1. The van der Waals surface area contributed by atoms with Crippen LogP contribution in [0.15, 0.2) is 49.1 Å². The van der Waals surface area contributed by atoms with Crippen LogP contribution in [0.1, 0.15) is 0 Å². The topological polar surface area (TPSA) is 68.1 Å². The van der Waals surface area contributed by atoms with E-state index in [4.69, 9.17) is 9.84 Å². The van der Waals surface area contributed by atoms with E-state index in [-0.39, 0.29) is 18.9 Å². The number of aliphatic hydroxyl groups is 1. The maximum Gasteiger partial charge on any atom is 0.213 e. The lowest BCUT2D eigenvalue weighted by atomic mass is 10.0. The first-order valence-electron chi connectivity index (χ1n) is 8.05. The van der Waals surface area contributed by atoms with Gasteiger partial charge in [-0.3, -0.25) is 0 Å². The zero-order valence-corrected chi connectivity index (χ0v) is 14.7. The molecule has 1 N–H and O–H groups in total. The summed E-state index contributed by atoms with van der Waals surface area (Å²) in [4.78, 5) is 12.0. The Balaban J connectivity index is 1.89. The highest BCUT2D eigenvalue weighted by atomic mass is 32.1. The predicted molar refractivity (Wildman–Crippen MR) is 98.6 cm³/mol. The first-order valence-corrected chi connectivity index (χ1v) is 8.87. The van der Waals surface area contributed by atoms with Crippen molar-refractivity contribution in [2.24, 2.45) is 0 Å². The summed E-state index contributed by atoms with van der Waals surface area (Å²) in [6.45, 7) is -0.102. The van der Waals surface area contributed by atoms with Crippen LogP contribution in [0.25, 0.3) is 31.8 Å². The summed E-state index contributed by atoms with van der Waals surface area (Å²) in [6, 6.07) is 8.68. The molecule has 8 heteroatoms. The van der Waals surface area contributed by atoms with Crippen molar-refractivity contribution in [1.82, 2.24) is 15.0 Å². The second kappa shape index (κ2) is 7.34. The molecule has 0 amide bonds. The van der Waals surface area contributed by atoms with Gasteiger partial charge in [-0.25, -0.2) is 19.3 Å². The van der Waals surface area contributed by atoms with Gasteiger partial charge < -0.3 is 9.84 Å². The minimum atomic E-state index is -0.642. The first-order chi connectivity index (χ1) is 13.2. The third-order valence-corrected chi connectivity index (χ3v) is 5.11. The average molecular weight is 385 g/mol. The van der Waals surface area contributed by atoms with Crippen molar-refractivity contribution >= 4 is 21.4 Å². The Morgan fingerprint density at radius 1 is 1.07 bits per heavy atom. The molecule has 0 saturated heterocycles. The Kier molecular flexibility index (Phi) is 4.74. The number of ether oxygens (including phenoxy) is 1. The van der Waals surface area contributed by atoms with E-state index >= 15 is 0 Å². The van der Waals surface area contributed by atoms with Crippen LogP contribution in [0.2, 0.25) is 0 Å². The minimum absolute atomic E-state index is 0.0676. The van der Waals surface area contributed by atoms with Crippen molar-refractivity contribution < 1.29 is 18.6 Å². The standard InChI is InChI=1S/C19H13F2N3O2S/c20-14-8-22-10-24-18(14)16-6-11-2-1-3-12(19(11)27-16)13-7-17(21)23-9-15(13)26-5-4-25/h1-3,6-10,25H,4-5H2. The molecule has 3 heterocycles. The fourth-order valence-corrected chi connectivity index (χ4v) is 3.97. The van der Waals surface area contributed by atoms with Crippen LogP contribution in [0, 0.1) is 11.8 Å². The van der Waals surface area contributed by atoms with Crippen LogP contribution in [0.5, 0.6) is 5.75 Å². The van der Waals surface area contributed by atoms with E-state index < -0.39 is 11.8 Å². The van der Waals surface area contributed by atoms with Gasteiger partial charge in [0.2, 0.25) is 5.95 Å². The largest absolute Gasteiger partial charge is 0.489 e. The predicted octanol–water partition coefficient (Wildman–Crippen LogP) is 4.07. The molecule has 0 fully saturated rings. The number of fused-ring (bicyclic) bond motifs is 1. The third kappa shape index (κ3) is 3.36. The van der Waals surface area contributed by atoms with Crippen molar-refractivity contribution in [3.63, 3.8) is 0 Å². The van der Waals surface area contributed by atoms with Crippen molar-refractivity contribution in [1.29, 1.82) is 0 Å². The number of rotatable bonds is 5. The normalized spacial score (nSPS) is 11.1. The van der Waals surface area contributed by atoms with E-state index in [1.165, 1.54) is 29.9 Å². The van der Waals surface area contributed by atoms with Gasteiger partial charge in [0.15, 0.2) is 5.82 Å². The number of aliphatic hydroxyl groups excluding tert-OH is 1. The number of hydrogen-bond acceptors (Lipinski definition) is 6. The van der Waals surface area contributed by atoms with E-state index in [0.717, 1.165) is 21.8 Å². The molecular formula is C19H13F2N3O2S. The monoisotopic (exact) mass is 385 g/mol. The maximum absolute atomic E-state index is 14.1. The summed E-state index contributed by atoms with van der Waals surface area (Å²) in [5.41, 5.74) is 1.46. The van der Waals surface area contributed by atoms with Crippen molar-refractivity contribution in [3.8, 4) is 27.4 Å². The second-order valence-corrected chi connectivity index (χ2v) is 6.68. The van der Waals surface area contributed by atoms with Crippen LogP contribution >= 0.6 is 11.3 Å². The first kappa shape index (κ1) is 17.4. The number of thiophene rings is 1. The molecule has 0 unspecified atom stereocenters. The van der Waals surface area contributed by atoms with Gasteiger partial charge in [-0.15, -0.1) is 11.3 Å². The zero-order chi connectivity index (χ0) is 18.8. The smallest absolute Gasteiger partial charge is 0.213 e. The Morgan fingerprint density at radius 3 is 2.78 bits per heavy atom. The lowest BCUT2D eigenvalue weighted by Crippen LogP contribution is -2.03. The van der Waals surface area contributed by atoms with Gasteiger partial charge in [0.05, 0.1) is 23.9 Å². The Labute approximate surface area is 156 Å². The molecule has 0 radical (unpaired) electrons. The van der Waals surface area contributed by atoms with Gasteiger partial charge >= 0.3 is 0 Å². The number of aromatic nitrogens is 3. The molecule has 1 aromatic carbocycles. The Morgan fingerprint density at radius 2 is 1.96 bits per heavy atom. The van der Waals surface area contributed by atoms with Crippen LogP contribution in [0.4, 0.5) is 8.78 Å². The quantitative estimate of drug-likeness (QED) is 0.525. The molecule has 4 aromatic rings. The molecule has 0 saturated carbocycles. The van der Waals surface area contributed by atoms with E-state index in [2.05, 4.69) is 15.0 Å². The van der Waals surface area contributed by atoms with E-state index in [9.17, 15) is 8.78 Å². The molecule has 0 atom stereocenters. The molecule has 0 aliphatic heterocycles. The Hall–Kier alpha value is -2.97. The van der Waals surface area contributed by atoms with Gasteiger partial charge in [0.25, 0.3) is 0 Å². The van der Waals surface area contributed by atoms with Gasteiger partial charge in [-0.05, 0) is 11.5 Å². The summed E-state index contributed by atoms with van der Waals surface area (Å²) in [5, 5.41) is 9.88. The number of hydrogen-bond donors (Lipinski definition) is 1. The number of halogens is 2. The SMILES string of the molecule is OCCOc1cnc(F)cc1-c1cccc2cc(-c3ncncc3F)sc12. The van der Waals surface area contributed by atoms with Crippen molar-refractivity contribution in [2.45, 2.75) is 0 Å². The highest BCUT2D eigenvalue weighted by molar-refractivity contribution is 7.22. The Bertz CT molecular complexity index is 1120. The van der Waals surface area contributed by atoms with Crippen LogP contribution < -0.4 is 4.74 Å². The number of pyridine rings is 1. The molecule has 0 spiro atoms. The lowest BCUT2D eigenvalue weighted by molar-refractivity contribution is 0.201. The highest BCUT2D eigenvalue weighted by Crippen LogP contribution is 2.41. The average Bonchev–Trinajstić information content (AvgIpc) is 3.11. The summed E-state index contributed by atoms with van der Waals surface area (Å²) in [6.07, 6.45) is 3.70. The van der Waals surface area contributed by atoms with E-state index in [0.29, 0.717) is 16.2 Å². The molecule has 27 heavy (non-hydrogen) atoms. The molecule has 136 valence electrons. The van der Waals surface area contributed by atoms with Crippen LogP contribution in [0.3, 0.4) is 0 Å². The van der Waals surface area contributed by atoms with Gasteiger partial charge in [-0.2, -0.15) is 4.39 Å². The molecule has 0 aliphatic rings. The number of nitrogens with zero attached hydrogens (tertiary/aromatic N) is 3. The summed E-state index contributed by atoms with van der Waals surface area (Å²) < 4.78 is 34.2. The zero-order valence-electron chi connectivity index (χ0n) is 13.9. The highest BCUT2D eigenvalue weighted by Gasteiger charge is 2.16. The van der Waals surface area contributed by atoms with E-state index in [1.807, 2.05) is 24.3 Å². The lowest BCUT2D eigenvalue weighted by Gasteiger charge is -2.11. The molecule has 3 aromatic heterocycles. The second-order valence-electron chi connectivity index (χ2n) is 5.63. The van der Waals surface area contributed by atoms with Crippen LogP contribution in [-0.4, -0.2) is 33.3 Å². The summed E-state index contributed by atoms with van der Waals surface area (Å²) >= 11 is 1.35. The molecule has 0 bridgehead atoms. The third-order valence-electron chi connectivity index (χ3n) is 3.92. The fourth-order valence-electron chi connectivity index (χ4n) is 2.78.